The molecular formula is C15H19Cl2NO4. The number of amides is 1. The molecule has 1 amide bonds. The second-order valence-corrected chi connectivity index (χ2v) is 5.16. The van der Waals surface area contributed by atoms with Gasteiger partial charge in [0, 0.05) is 12.4 Å². The molecule has 0 aliphatic rings. The van der Waals surface area contributed by atoms with Crippen molar-refractivity contribution in [2.75, 3.05) is 31.0 Å². The Kier molecular flexibility index (Phi) is 8.06. The molecular weight excluding hydrogens is 329 g/mol. The fraction of sp³-hybridized carbons (Fsp3) is 0.467. The van der Waals surface area contributed by atoms with Gasteiger partial charge in [0.2, 0.25) is 0 Å². The van der Waals surface area contributed by atoms with Gasteiger partial charge in [0.25, 0.3) is 0 Å². The van der Waals surface area contributed by atoms with Gasteiger partial charge in [-0.2, -0.15) is 0 Å². The molecule has 0 aliphatic carbocycles. The quantitative estimate of drug-likeness (QED) is 0.423. The minimum atomic E-state index is -0.604. The maximum Gasteiger partial charge on any atom is 0.414 e. The van der Waals surface area contributed by atoms with Crippen molar-refractivity contribution in [3.8, 4) is 0 Å². The summed E-state index contributed by atoms with van der Waals surface area (Å²) >= 11 is 11.8. The highest BCUT2D eigenvalue weighted by Crippen LogP contribution is 2.29. The summed E-state index contributed by atoms with van der Waals surface area (Å²) < 4.78 is 9.81. The summed E-state index contributed by atoms with van der Waals surface area (Å²) in [5, 5.41) is 0.219. The van der Waals surface area contributed by atoms with Gasteiger partial charge < -0.3 is 9.47 Å². The van der Waals surface area contributed by atoms with Crippen LogP contribution in [-0.4, -0.2) is 38.2 Å². The number of hydrogen-bond acceptors (Lipinski definition) is 4. The Morgan fingerprint density at radius 3 is 2.59 bits per heavy atom. The van der Waals surface area contributed by atoms with E-state index in [-0.39, 0.29) is 17.2 Å². The summed E-state index contributed by atoms with van der Waals surface area (Å²) in [6.45, 7) is 2.32. The van der Waals surface area contributed by atoms with E-state index in [1.54, 1.807) is 25.1 Å². The number of carbonyl (C=O) groups excluding carboxylic acids is 2. The average molecular weight is 348 g/mol. The number of alkyl halides is 1. The van der Waals surface area contributed by atoms with E-state index >= 15 is 0 Å². The molecule has 1 aromatic rings. The molecule has 0 aromatic heterocycles. The van der Waals surface area contributed by atoms with E-state index in [0.29, 0.717) is 24.5 Å². The highest BCUT2D eigenvalue weighted by molar-refractivity contribution is 6.34. The Hall–Kier alpha value is -1.46. The van der Waals surface area contributed by atoms with E-state index in [0.717, 1.165) is 6.42 Å². The van der Waals surface area contributed by atoms with Crippen LogP contribution in [0.15, 0.2) is 18.2 Å². The average Bonchev–Trinajstić information content (AvgIpc) is 2.51. The lowest BCUT2D eigenvalue weighted by Gasteiger charge is -2.24. The van der Waals surface area contributed by atoms with Gasteiger partial charge in [0.15, 0.2) is 0 Å². The molecule has 22 heavy (non-hydrogen) atoms. The molecule has 122 valence electrons. The van der Waals surface area contributed by atoms with Gasteiger partial charge in [-0.05, 0) is 31.9 Å². The number of ether oxygens (including phenoxy) is 2. The zero-order valence-electron chi connectivity index (χ0n) is 12.6. The zero-order chi connectivity index (χ0) is 16.5. The van der Waals surface area contributed by atoms with Crippen molar-refractivity contribution in [3.63, 3.8) is 0 Å². The van der Waals surface area contributed by atoms with Gasteiger partial charge >= 0.3 is 12.1 Å². The molecule has 0 radical (unpaired) electrons. The molecule has 0 saturated carbocycles. The Balaban J connectivity index is 3.20. The summed E-state index contributed by atoms with van der Waals surface area (Å²) in [5.74, 6) is -0.108. The lowest BCUT2D eigenvalue weighted by Crippen LogP contribution is -2.34. The second kappa shape index (κ2) is 9.54. The minimum absolute atomic E-state index is 0.144. The number of benzene rings is 1. The first-order chi connectivity index (χ1) is 10.6. The van der Waals surface area contributed by atoms with Gasteiger partial charge in [-0.3, -0.25) is 4.90 Å². The number of anilines is 1. The lowest BCUT2D eigenvalue weighted by atomic mass is 10.1. The number of nitrogens with zero attached hydrogens (tertiary/aromatic N) is 1. The number of halogens is 2. The maximum absolute atomic E-state index is 12.2. The van der Waals surface area contributed by atoms with Crippen LogP contribution >= 0.6 is 23.2 Å². The van der Waals surface area contributed by atoms with Crippen LogP contribution in [0.5, 0.6) is 0 Å². The molecule has 0 bridgehead atoms. The van der Waals surface area contributed by atoms with Crippen molar-refractivity contribution in [1.82, 2.24) is 0 Å². The molecule has 1 aromatic carbocycles. The van der Waals surface area contributed by atoms with E-state index < -0.39 is 12.1 Å². The van der Waals surface area contributed by atoms with E-state index in [1.165, 1.54) is 12.0 Å². The molecule has 0 N–H and O–H groups in total. The van der Waals surface area contributed by atoms with Gasteiger partial charge in [-0.25, -0.2) is 9.59 Å². The predicted molar refractivity (Wildman–Crippen MR) is 87.1 cm³/mol. The van der Waals surface area contributed by atoms with E-state index in [1.807, 2.05) is 0 Å². The van der Waals surface area contributed by atoms with Crippen LogP contribution in [0, 0.1) is 0 Å². The number of unbranched alkanes of at least 4 members (excludes halogenated alkanes) is 1. The fourth-order valence-corrected chi connectivity index (χ4v) is 2.35. The SMILES string of the molecule is CCOC(=O)N(CCCCCl)c1cccc(Cl)c1C(=O)OC. The Morgan fingerprint density at radius 1 is 1.27 bits per heavy atom. The van der Waals surface area contributed by atoms with Crippen LogP contribution < -0.4 is 4.90 Å². The highest BCUT2D eigenvalue weighted by Gasteiger charge is 2.25. The van der Waals surface area contributed by atoms with Crippen LogP contribution in [0.25, 0.3) is 0 Å². The van der Waals surface area contributed by atoms with Crippen LogP contribution in [0.4, 0.5) is 10.5 Å². The topological polar surface area (TPSA) is 55.8 Å². The zero-order valence-corrected chi connectivity index (χ0v) is 14.1. The summed E-state index contributed by atoms with van der Waals surface area (Å²) in [7, 11) is 1.26. The second-order valence-electron chi connectivity index (χ2n) is 4.37. The smallest absolute Gasteiger partial charge is 0.414 e. The molecule has 0 heterocycles. The monoisotopic (exact) mass is 347 g/mol. The third kappa shape index (κ3) is 4.78. The molecule has 0 spiro atoms. The van der Waals surface area contributed by atoms with Gasteiger partial charge in [-0.15, -0.1) is 11.6 Å². The summed E-state index contributed by atoms with van der Waals surface area (Å²) in [5.41, 5.74) is 0.512. The van der Waals surface area contributed by atoms with E-state index in [9.17, 15) is 9.59 Å². The van der Waals surface area contributed by atoms with Gasteiger partial charge in [0.05, 0.1) is 24.4 Å². The molecule has 5 nitrogen and oxygen atoms in total. The molecule has 0 fully saturated rings. The minimum Gasteiger partial charge on any atom is -0.465 e. The third-order valence-electron chi connectivity index (χ3n) is 2.93. The van der Waals surface area contributed by atoms with Crippen molar-refractivity contribution in [3.05, 3.63) is 28.8 Å². The first-order valence-corrected chi connectivity index (χ1v) is 7.85. The number of hydrogen-bond donors (Lipinski definition) is 0. The van der Waals surface area contributed by atoms with Crippen LogP contribution in [0.1, 0.15) is 30.1 Å². The summed E-state index contributed by atoms with van der Waals surface area (Å²) in [6, 6.07) is 4.87. The molecule has 0 unspecified atom stereocenters. The predicted octanol–water partition coefficient (Wildman–Crippen LogP) is 4.11. The Labute approximate surface area is 140 Å². The fourth-order valence-electron chi connectivity index (χ4n) is 1.92. The molecule has 0 atom stereocenters. The Bertz CT molecular complexity index is 522. The molecule has 1 rings (SSSR count). The van der Waals surface area contributed by atoms with Crippen molar-refractivity contribution in [1.29, 1.82) is 0 Å². The van der Waals surface area contributed by atoms with Crippen molar-refractivity contribution in [2.45, 2.75) is 19.8 Å². The van der Waals surface area contributed by atoms with E-state index in [2.05, 4.69) is 0 Å². The highest BCUT2D eigenvalue weighted by atomic mass is 35.5. The van der Waals surface area contributed by atoms with Crippen molar-refractivity contribution < 1.29 is 19.1 Å². The number of rotatable bonds is 7. The van der Waals surface area contributed by atoms with E-state index in [4.69, 9.17) is 32.7 Å². The number of esters is 1. The largest absolute Gasteiger partial charge is 0.465 e. The van der Waals surface area contributed by atoms with Gasteiger partial charge in [0.1, 0.15) is 5.56 Å². The van der Waals surface area contributed by atoms with Crippen LogP contribution in [-0.2, 0) is 9.47 Å². The molecule has 0 aliphatic heterocycles. The van der Waals surface area contributed by atoms with Crippen LogP contribution in [0.3, 0.4) is 0 Å². The molecule has 0 saturated heterocycles. The first-order valence-electron chi connectivity index (χ1n) is 6.93. The summed E-state index contributed by atoms with van der Waals surface area (Å²) in [6.07, 6.45) is 0.880. The lowest BCUT2D eigenvalue weighted by molar-refractivity contribution is 0.0601. The number of methoxy groups -OCH3 is 1. The standard InChI is InChI=1S/C15H19Cl2NO4/c1-3-22-15(20)18(10-5-4-9-16)12-8-6-7-11(17)13(12)14(19)21-2/h6-8H,3-5,9-10H2,1-2H3. The molecule has 7 heteroatoms. The van der Waals surface area contributed by atoms with Crippen molar-refractivity contribution in [2.24, 2.45) is 0 Å². The summed E-state index contributed by atoms with van der Waals surface area (Å²) in [4.78, 5) is 25.5. The maximum atomic E-state index is 12.2. The third-order valence-corrected chi connectivity index (χ3v) is 3.51. The van der Waals surface area contributed by atoms with Crippen LogP contribution in [0.2, 0.25) is 5.02 Å². The van der Waals surface area contributed by atoms with Crippen molar-refractivity contribution >= 4 is 41.0 Å². The van der Waals surface area contributed by atoms with Gasteiger partial charge in [-0.1, -0.05) is 17.7 Å². The normalized spacial score (nSPS) is 10.2. The first kappa shape index (κ1) is 18.6. The Morgan fingerprint density at radius 2 is 2.00 bits per heavy atom. The number of carbonyl (C=O) groups is 2.